The van der Waals surface area contributed by atoms with Gasteiger partial charge in [0.05, 0.1) is 5.92 Å². The lowest BCUT2D eigenvalue weighted by Crippen LogP contribution is -2.32. The van der Waals surface area contributed by atoms with E-state index in [2.05, 4.69) is 0 Å². The summed E-state index contributed by atoms with van der Waals surface area (Å²) in [4.78, 5) is 13.6. The molecule has 2 N–H and O–H groups in total. The molecule has 0 aromatic rings. The molecule has 1 amide bonds. The van der Waals surface area contributed by atoms with Gasteiger partial charge in [0.1, 0.15) is 4.33 Å². The molecular weight excluding hydrogens is 258 g/mol. The Morgan fingerprint density at radius 2 is 2.13 bits per heavy atom. The summed E-state index contributed by atoms with van der Waals surface area (Å²) in [6, 6.07) is 0. The van der Waals surface area contributed by atoms with Crippen LogP contribution in [0, 0.1) is 11.8 Å². The molecule has 0 aromatic heterocycles. The molecular formula is C9H15Cl3N2O. The van der Waals surface area contributed by atoms with Gasteiger partial charge in [-0.25, -0.2) is 0 Å². The number of halogens is 3. The van der Waals surface area contributed by atoms with Gasteiger partial charge in [0.25, 0.3) is 0 Å². The summed E-state index contributed by atoms with van der Waals surface area (Å²) in [6.07, 6.45) is 1.60. The molecule has 1 saturated carbocycles. The van der Waals surface area contributed by atoms with Crippen LogP contribution in [-0.4, -0.2) is 34.8 Å². The van der Waals surface area contributed by atoms with E-state index < -0.39 is 4.33 Å². The van der Waals surface area contributed by atoms with E-state index in [0.717, 1.165) is 19.5 Å². The van der Waals surface area contributed by atoms with Crippen molar-refractivity contribution in [3.05, 3.63) is 0 Å². The van der Waals surface area contributed by atoms with Crippen LogP contribution in [0.5, 0.6) is 0 Å². The Morgan fingerprint density at radius 1 is 1.53 bits per heavy atom. The second-order valence-electron chi connectivity index (χ2n) is 4.19. The van der Waals surface area contributed by atoms with Crippen LogP contribution in [0.15, 0.2) is 0 Å². The van der Waals surface area contributed by atoms with E-state index >= 15 is 0 Å². The van der Waals surface area contributed by atoms with Crippen LogP contribution in [0.1, 0.15) is 12.8 Å². The molecule has 0 spiro atoms. The Balaban J connectivity index is 0.00000112. The molecule has 2 rings (SSSR count). The van der Waals surface area contributed by atoms with Gasteiger partial charge >= 0.3 is 0 Å². The first-order chi connectivity index (χ1) is 6.54. The number of alkyl halides is 2. The molecule has 2 aliphatic rings. The lowest BCUT2D eigenvalue weighted by Gasteiger charge is -2.16. The Kier molecular flexibility index (Phi) is 4.15. The van der Waals surface area contributed by atoms with Crippen molar-refractivity contribution in [3.63, 3.8) is 0 Å². The van der Waals surface area contributed by atoms with Gasteiger partial charge in [0, 0.05) is 13.1 Å². The zero-order chi connectivity index (χ0) is 10.3. The summed E-state index contributed by atoms with van der Waals surface area (Å²) >= 11 is 11.7. The minimum atomic E-state index is -0.794. The summed E-state index contributed by atoms with van der Waals surface area (Å²) in [6.45, 7) is 2.23. The number of nitrogens with two attached hydrogens (primary N) is 1. The highest BCUT2D eigenvalue weighted by Gasteiger charge is 2.57. The Labute approximate surface area is 106 Å². The highest BCUT2D eigenvalue weighted by molar-refractivity contribution is 6.52. The third kappa shape index (κ3) is 2.70. The third-order valence-electron chi connectivity index (χ3n) is 3.05. The number of carbonyl (C=O) groups excluding carboxylic acids is 1. The van der Waals surface area contributed by atoms with Crippen molar-refractivity contribution in [1.82, 2.24) is 4.90 Å². The molecule has 15 heavy (non-hydrogen) atoms. The van der Waals surface area contributed by atoms with Gasteiger partial charge in [-0.05, 0) is 25.3 Å². The molecule has 1 heterocycles. The van der Waals surface area contributed by atoms with Gasteiger partial charge in [0.2, 0.25) is 5.91 Å². The minimum Gasteiger partial charge on any atom is -0.342 e. The number of amides is 1. The average Bonchev–Trinajstić information content (AvgIpc) is 2.64. The van der Waals surface area contributed by atoms with Gasteiger partial charge in [-0.2, -0.15) is 0 Å². The lowest BCUT2D eigenvalue weighted by molar-refractivity contribution is -0.131. The van der Waals surface area contributed by atoms with Crippen molar-refractivity contribution in [2.45, 2.75) is 17.2 Å². The van der Waals surface area contributed by atoms with Crippen LogP contribution in [0.4, 0.5) is 0 Å². The van der Waals surface area contributed by atoms with E-state index in [-0.39, 0.29) is 24.2 Å². The fourth-order valence-electron chi connectivity index (χ4n) is 1.93. The van der Waals surface area contributed by atoms with Gasteiger partial charge in [-0.3, -0.25) is 4.79 Å². The maximum absolute atomic E-state index is 11.8. The summed E-state index contributed by atoms with van der Waals surface area (Å²) in [7, 11) is 0. The van der Waals surface area contributed by atoms with E-state index in [9.17, 15) is 4.79 Å². The fourth-order valence-corrected chi connectivity index (χ4v) is 2.42. The molecule has 88 valence electrons. The number of hydrogen-bond acceptors (Lipinski definition) is 2. The molecule has 6 heteroatoms. The van der Waals surface area contributed by atoms with Gasteiger partial charge < -0.3 is 10.6 Å². The standard InChI is InChI=1S/C9H14Cl2N2O.ClH/c10-9(11)3-7(9)8(14)13-2-1-6(4-12)5-13;/h6-7H,1-5,12H2;1H. The summed E-state index contributed by atoms with van der Waals surface area (Å²) in [5.41, 5.74) is 5.55. The van der Waals surface area contributed by atoms with Crippen LogP contribution in [0.3, 0.4) is 0 Å². The quantitative estimate of drug-likeness (QED) is 0.773. The van der Waals surface area contributed by atoms with Gasteiger partial charge in [-0.15, -0.1) is 35.6 Å². The second-order valence-corrected chi connectivity index (χ2v) is 5.73. The van der Waals surface area contributed by atoms with Gasteiger partial charge in [-0.1, -0.05) is 0 Å². The highest BCUT2D eigenvalue weighted by atomic mass is 35.5. The monoisotopic (exact) mass is 272 g/mol. The zero-order valence-corrected chi connectivity index (χ0v) is 10.6. The summed E-state index contributed by atoms with van der Waals surface area (Å²) in [5.74, 6) is 0.381. The number of hydrogen-bond donors (Lipinski definition) is 1. The van der Waals surface area contributed by atoms with Crippen LogP contribution in [0.2, 0.25) is 0 Å². The predicted molar refractivity (Wildman–Crippen MR) is 63.5 cm³/mol. The van der Waals surface area contributed by atoms with E-state index in [4.69, 9.17) is 28.9 Å². The SMILES string of the molecule is Cl.NCC1CCN(C(=O)C2CC2(Cl)Cl)C1. The fraction of sp³-hybridized carbons (Fsp3) is 0.889. The topological polar surface area (TPSA) is 46.3 Å². The van der Waals surface area contributed by atoms with Crippen LogP contribution >= 0.6 is 35.6 Å². The number of carbonyl (C=O) groups is 1. The molecule has 3 nitrogen and oxygen atoms in total. The predicted octanol–water partition coefficient (Wildman–Crippen LogP) is 1.41. The van der Waals surface area contributed by atoms with Crippen LogP contribution in [0.25, 0.3) is 0 Å². The molecule has 2 fully saturated rings. The first-order valence-corrected chi connectivity index (χ1v) is 5.67. The number of rotatable bonds is 2. The van der Waals surface area contributed by atoms with Crippen molar-refractivity contribution in [2.24, 2.45) is 17.6 Å². The average molecular weight is 274 g/mol. The van der Waals surface area contributed by atoms with E-state index in [0.29, 0.717) is 18.9 Å². The number of likely N-dealkylation sites (tertiary alicyclic amines) is 1. The first-order valence-electron chi connectivity index (χ1n) is 4.91. The van der Waals surface area contributed by atoms with Gasteiger partial charge in [0.15, 0.2) is 0 Å². The molecule has 0 bridgehead atoms. The smallest absolute Gasteiger partial charge is 0.228 e. The highest BCUT2D eigenvalue weighted by Crippen LogP contribution is 2.54. The number of nitrogens with zero attached hydrogens (tertiary/aromatic N) is 1. The van der Waals surface area contributed by atoms with E-state index in [1.54, 1.807) is 0 Å². The normalized spacial score (nSPS) is 32.3. The molecule has 2 unspecified atom stereocenters. The maximum atomic E-state index is 11.8. The van der Waals surface area contributed by atoms with Crippen molar-refractivity contribution >= 4 is 41.5 Å². The summed E-state index contributed by atoms with van der Waals surface area (Å²) in [5, 5.41) is 0. The minimum absolute atomic E-state index is 0. The maximum Gasteiger partial charge on any atom is 0.228 e. The Hall–Kier alpha value is 0.300. The van der Waals surface area contributed by atoms with Crippen molar-refractivity contribution in [1.29, 1.82) is 0 Å². The molecule has 1 aliphatic carbocycles. The molecule has 1 aliphatic heterocycles. The van der Waals surface area contributed by atoms with Crippen molar-refractivity contribution in [3.8, 4) is 0 Å². The third-order valence-corrected chi connectivity index (χ3v) is 3.89. The largest absolute Gasteiger partial charge is 0.342 e. The van der Waals surface area contributed by atoms with Crippen LogP contribution in [-0.2, 0) is 4.79 Å². The van der Waals surface area contributed by atoms with E-state index in [1.165, 1.54) is 0 Å². The second kappa shape index (κ2) is 4.66. The molecule has 1 saturated heterocycles. The van der Waals surface area contributed by atoms with E-state index in [1.807, 2.05) is 4.90 Å². The molecule has 2 atom stereocenters. The van der Waals surface area contributed by atoms with Crippen molar-refractivity contribution < 1.29 is 4.79 Å². The Morgan fingerprint density at radius 3 is 2.53 bits per heavy atom. The zero-order valence-electron chi connectivity index (χ0n) is 8.29. The summed E-state index contributed by atoms with van der Waals surface area (Å²) < 4.78 is -0.794. The Bertz CT molecular complexity index is 260. The van der Waals surface area contributed by atoms with Crippen molar-refractivity contribution in [2.75, 3.05) is 19.6 Å². The van der Waals surface area contributed by atoms with Crippen LogP contribution < -0.4 is 5.73 Å². The first kappa shape index (κ1) is 13.4. The lowest BCUT2D eigenvalue weighted by atomic mass is 10.1. The molecule has 0 aromatic carbocycles. The molecule has 0 radical (unpaired) electrons.